The van der Waals surface area contributed by atoms with Crippen LogP contribution in [0.5, 0.6) is 0 Å². The van der Waals surface area contributed by atoms with Crippen LogP contribution in [0.1, 0.15) is 30.0 Å². The van der Waals surface area contributed by atoms with Gasteiger partial charge in [0.1, 0.15) is 0 Å². The number of rotatable bonds is 3. The van der Waals surface area contributed by atoms with E-state index in [0.29, 0.717) is 0 Å². The normalized spacial score (nSPS) is 14.5. The third-order valence-corrected chi connectivity index (χ3v) is 2.80. The molecule has 0 unspecified atom stereocenters. The molecule has 1 rings (SSSR count). The van der Waals surface area contributed by atoms with Crippen LogP contribution < -0.4 is 5.73 Å². The van der Waals surface area contributed by atoms with E-state index in [2.05, 4.69) is 0 Å². The molecule has 0 saturated heterocycles. The summed E-state index contributed by atoms with van der Waals surface area (Å²) < 4.78 is 74.3. The molecule has 0 fully saturated rings. The minimum Gasteiger partial charge on any atom is -0.324 e. The average molecular weight is 306 g/mol. The molecular weight excluding hydrogens is 296 g/mol. The molecule has 0 aliphatic carbocycles. The highest BCUT2D eigenvalue weighted by Crippen LogP contribution is 2.39. The lowest BCUT2D eigenvalue weighted by Gasteiger charge is -2.20. The van der Waals surface area contributed by atoms with Crippen LogP contribution >= 0.6 is 11.6 Å². The van der Waals surface area contributed by atoms with Crippen LogP contribution in [0.25, 0.3) is 0 Å². The summed E-state index contributed by atoms with van der Waals surface area (Å²) >= 11 is 5.62. The van der Waals surface area contributed by atoms with Gasteiger partial charge in [0.2, 0.25) is 0 Å². The van der Waals surface area contributed by atoms with Gasteiger partial charge in [-0.1, -0.05) is 17.7 Å². The molecule has 0 saturated carbocycles. The third kappa shape index (κ3) is 4.58. The van der Waals surface area contributed by atoms with Gasteiger partial charge < -0.3 is 5.73 Å². The van der Waals surface area contributed by atoms with Crippen molar-refractivity contribution in [1.82, 2.24) is 0 Å². The molecule has 0 aromatic heterocycles. The highest BCUT2D eigenvalue weighted by atomic mass is 35.5. The summed E-state index contributed by atoms with van der Waals surface area (Å²) in [6.07, 6.45) is -11.1. The topological polar surface area (TPSA) is 26.0 Å². The number of benzene rings is 1. The maximum Gasteiger partial charge on any atom is 0.416 e. The number of alkyl halides is 6. The Kier molecular flexibility index (Phi) is 4.73. The fourth-order valence-electron chi connectivity index (χ4n) is 1.62. The van der Waals surface area contributed by atoms with Gasteiger partial charge in [0, 0.05) is 17.5 Å². The van der Waals surface area contributed by atoms with Gasteiger partial charge in [0.25, 0.3) is 0 Å². The summed E-state index contributed by atoms with van der Waals surface area (Å²) in [5.41, 5.74) is 3.81. The molecule has 0 spiro atoms. The zero-order valence-electron chi connectivity index (χ0n) is 9.45. The molecule has 0 heterocycles. The lowest BCUT2D eigenvalue weighted by atomic mass is 9.97. The Labute approximate surface area is 110 Å². The highest BCUT2D eigenvalue weighted by molar-refractivity contribution is 6.31. The summed E-state index contributed by atoms with van der Waals surface area (Å²) in [5, 5.41) is -0.288. The Balaban J connectivity index is 3.05. The molecule has 0 aliphatic heterocycles. The molecule has 0 bridgehead atoms. The van der Waals surface area contributed by atoms with Gasteiger partial charge >= 0.3 is 12.4 Å². The molecule has 1 aromatic carbocycles. The second-order valence-corrected chi connectivity index (χ2v) is 4.37. The molecule has 0 aliphatic rings. The largest absolute Gasteiger partial charge is 0.416 e. The second kappa shape index (κ2) is 5.58. The van der Waals surface area contributed by atoms with Gasteiger partial charge in [-0.05, 0) is 24.1 Å². The number of halogens is 7. The summed E-state index contributed by atoms with van der Waals surface area (Å²) in [4.78, 5) is 0. The van der Waals surface area contributed by atoms with Crippen LogP contribution in [-0.2, 0) is 6.18 Å². The Morgan fingerprint density at radius 1 is 1.11 bits per heavy atom. The monoisotopic (exact) mass is 305 g/mol. The molecule has 108 valence electrons. The standard InChI is InChI=1S/C11H10ClF6N/c12-7-3-1-2-6(11(16,17)18)9(7)8(19)4-5-10(13,14)15/h1-3,8H,4-5,19H2/t8-/m1/s1. The van der Waals surface area contributed by atoms with E-state index in [-0.39, 0.29) is 5.02 Å². The lowest BCUT2D eigenvalue weighted by molar-refractivity contribution is -0.139. The molecule has 19 heavy (non-hydrogen) atoms. The van der Waals surface area contributed by atoms with Crippen molar-refractivity contribution in [2.75, 3.05) is 0 Å². The first-order valence-corrected chi connectivity index (χ1v) is 5.58. The maximum absolute atomic E-state index is 12.7. The van der Waals surface area contributed by atoms with Crippen molar-refractivity contribution in [3.63, 3.8) is 0 Å². The van der Waals surface area contributed by atoms with Crippen LogP contribution in [-0.4, -0.2) is 6.18 Å². The third-order valence-electron chi connectivity index (χ3n) is 2.47. The van der Waals surface area contributed by atoms with Gasteiger partial charge in [-0.25, -0.2) is 0 Å². The van der Waals surface area contributed by atoms with Crippen molar-refractivity contribution in [3.8, 4) is 0 Å². The van der Waals surface area contributed by atoms with Crippen molar-refractivity contribution in [1.29, 1.82) is 0 Å². The van der Waals surface area contributed by atoms with Gasteiger partial charge in [0.05, 0.1) is 5.56 Å². The van der Waals surface area contributed by atoms with E-state index in [1.54, 1.807) is 0 Å². The van der Waals surface area contributed by atoms with E-state index < -0.39 is 42.4 Å². The van der Waals surface area contributed by atoms with Gasteiger partial charge in [-0.2, -0.15) is 26.3 Å². The minimum absolute atomic E-state index is 0.288. The zero-order chi connectivity index (χ0) is 14.8. The van der Waals surface area contributed by atoms with Crippen LogP contribution in [0.4, 0.5) is 26.3 Å². The van der Waals surface area contributed by atoms with Gasteiger partial charge in [-0.3, -0.25) is 0 Å². The zero-order valence-corrected chi connectivity index (χ0v) is 10.2. The SMILES string of the molecule is N[C@H](CCC(F)(F)F)c1c(Cl)cccc1C(F)(F)F. The predicted octanol–water partition coefficient (Wildman–Crippen LogP) is 4.70. The maximum atomic E-state index is 12.7. The molecule has 0 radical (unpaired) electrons. The molecule has 1 nitrogen and oxygen atoms in total. The van der Waals surface area contributed by atoms with E-state index in [0.717, 1.165) is 12.1 Å². The van der Waals surface area contributed by atoms with E-state index in [1.165, 1.54) is 6.07 Å². The van der Waals surface area contributed by atoms with Gasteiger partial charge in [0.15, 0.2) is 0 Å². The minimum atomic E-state index is -4.71. The van der Waals surface area contributed by atoms with Crippen LogP contribution in [0.2, 0.25) is 5.02 Å². The molecule has 2 N–H and O–H groups in total. The van der Waals surface area contributed by atoms with Crippen molar-refractivity contribution in [2.45, 2.75) is 31.2 Å². The van der Waals surface area contributed by atoms with Crippen molar-refractivity contribution in [2.24, 2.45) is 5.73 Å². The summed E-state index contributed by atoms with van der Waals surface area (Å²) in [7, 11) is 0. The van der Waals surface area contributed by atoms with Crippen LogP contribution in [0, 0.1) is 0 Å². The highest BCUT2D eigenvalue weighted by Gasteiger charge is 2.36. The lowest BCUT2D eigenvalue weighted by Crippen LogP contribution is -2.20. The summed E-state index contributed by atoms with van der Waals surface area (Å²) in [5.74, 6) is 0. The first-order valence-electron chi connectivity index (χ1n) is 5.20. The van der Waals surface area contributed by atoms with E-state index in [4.69, 9.17) is 17.3 Å². The number of nitrogens with two attached hydrogens (primary N) is 1. The first-order chi connectivity index (χ1) is 8.52. The van der Waals surface area contributed by atoms with Gasteiger partial charge in [-0.15, -0.1) is 0 Å². The number of hydrogen-bond donors (Lipinski definition) is 1. The average Bonchev–Trinajstić information content (AvgIpc) is 2.23. The van der Waals surface area contributed by atoms with Crippen molar-refractivity contribution < 1.29 is 26.3 Å². The molecule has 0 amide bonds. The van der Waals surface area contributed by atoms with Crippen LogP contribution in [0.3, 0.4) is 0 Å². The smallest absolute Gasteiger partial charge is 0.324 e. The quantitative estimate of drug-likeness (QED) is 0.805. The predicted molar refractivity (Wildman–Crippen MR) is 58.7 cm³/mol. The van der Waals surface area contributed by atoms with E-state index in [1.807, 2.05) is 0 Å². The van der Waals surface area contributed by atoms with Crippen LogP contribution in [0.15, 0.2) is 18.2 Å². The number of hydrogen-bond acceptors (Lipinski definition) is 1. The van der Waals surface area contributed by atoms with Crippen molar-refractivity contribution in [3.05, 3.63) is 34.3 Å². The Morgan fingerprint density at radius 3 is 2.16 bits per heavy atom. The molecule has 1 aromatic rings. The Hall–Kier alpha value is -0.950. The molecule has 8 heteroatoms. The van der Waals surface area contributed by atoms with E-state index in [9.17, 15) is 26.3 Å². The Bertz CT molecular complexity index is 440. The summed E-state index contributed by atoms with van der Waals surface area (Å²) in [6.45, 7) is 0. The fraction of sp³-hybridized carbons (Fsp3) is 0.455. The molecular formula is C11H10ClF6N. The fourth-order valence-corrected chi connectivity index (χ4v) is 1.94. The first kappa shape index (κ1) is 16.1. The second-order valence-electron chi connectivity index (χ2n) is 3.96. The summed E-state index contributed by atoms with van der Waals surface area (Å²) in [6, 6.07) is 1.56. The Morgan fingerprint density at radius 2 is 1.68 bits per heavy atom. The van der Waals surface area contributed by atoms with Crippen molar-refractivity contribution >= 4 is 11.6 Å². The van der Waals surface area contributed by atoms with E-state index >= 15 is 0 Å². The molecule has 1 atom stereocenters.